The van der Waals surface area contributed by atoms with Crippen LogP contribution < -0.4 is 4.90 Å². The van der Waals surface area contributed by atoms with E-state index in [2.05, 4.69) is 18.4 Å². The molecular formula is C27H27NO4S. The zero-order valence-corrected chi connectivity index (χ0v) is 20.0. The molecule has 2 unspecified atom stereocenters. The molecule has 170 valence electrons. The number of anilines is 1. The van der Waals surface area contributed by atoms with Crippen LogP contribution in [0.2, 0.25) is 0 Å². The maximum absolute atomic E-state index is 13.2. The first-order valence-corrected chi connectivity index (χ1v) is 11.8. The van der Waals surface area contributed by atoms with E-state index < -0.39 is 23.7 Å². The highest BCUT2D eigenvalue weighted by Crippen LogP contribution is 2.43. The quantitative estimate of drug-likeness (QED) is 0.351. The van der Waals surface area contributed by atoms with E-state index in [1.54, 1.807) is 32.3 Å². The van der Waals surface area contributed by atoms with Crippen molar-refractivity contribution in [2.45, 2.75) is 33.4 Å². The number of carbonyl (C=O) groups is 3. The molecule has 4 rings (SSSR count). The van der Waals surface area contributed by atoms with Crippen molar-refractivity contribution in [1.82, 2.24) is 0 Å². The van der Waals surface area contributed by atoms with Crippen LogP contribution >= 0.6 is 11.3 Å². The summed E-state index contributed by atoms with van der Waals surface area (Å²) in [5.74, 6) is -2.94. The average Bonchev–Trinajstić information content (AvgIpc) is 3.35. The Bertz CT molecular complexity index is 1190. The molecule has 1 saturated heterocycles. The SMILES string of the molecule is COCc1ccccc1C1C(C(=O)C(C)C)C(=O)C(=O)N1c1ccc(-c2csc(C)c2)cc1. The van der Waals surface area contributed by atoms with Gasteiger partial charge in [-0.3, -0.25) is 19.3 Å². The number of methoxy groups -OCH3 is 1. The summed E-state index contributed by atoms with van der Waals surface area (Å²) in [6.45, 7) is 5.91. The van der Waals surface area contributed by atoms with Gasteiger partial charge < -0.3 is 4.74 Å². The number of rotatable bonds is 7. The molecule has 33 heavy (non-hydrogen) atoms. The van der Waals surface area contributed by atoms with Gasteiger partial charge in [0.15, 0.2) is 0 Å². The van der Waals surface area contributed by atoms with Crippen LogP contribution in [0.3, 0.4) is 0 Å². The summed E-state index contributed by atoms with van der Waals surface area (Å²) in [5.41, 5.74) is 4.36. The Kier molecular flexibility index (Phi) is 6.58. The molecule has 1 aliphatic rings. The number of nitrogens with zero attached hydrogens (tertiary/aromatic N) is 1. The van der Waals surface area contributed by atoms with Crippen molar-refractivity contribution in [3.63, 3.8) is 0 Å². The maximum atomic E-state index is 13.2. The lowest BCUT2D eigenvalue weighted by molar-refractivity contribution is -0.139. The highest BCUT2D eigenvalue weighted by Gasteiger charge is 2.52. The van der Waals surface area contributed by atoms with Gasteiger partial charge >= 0.3 is 0 Å². The van der Waals surface area contributed by atoms with E-state index in [0.29, 0.717) is 12.3 Å². The Balaban J connectivity index is 1.82. The van der Waals surface area contributed by atoms with Crippen LogP contribution in [-0.4, -0.2) is 24.6 Å². The van der Waals surface area contributed by atoms with Gasteiger partial charge in [-0.1, -0.05) is 50.2 Å². The van der Waals surface area contributed by atoms with Crippen LogP contribution in [0.1, 0.15) is 35.9 Å². The molecule has 3 aromatic rings. The predicted octanol–water partition coefficient (Wildman–Crippen LogP) is 5.37. The van der Waals surface area contributed by atoms with Gasteiger partial charge in [0.2, 0.25) is 5.78 Å². The van der Waals surface area contributed by atoms with Crippen molar-refractivity contribution >= 4 is 34.5 Å². The number of hydrogen-bond acceptors (Lipinski definition) is 5. The fraction of sp³-hybridized carbons (Fsp3) is 0.296. The topological polar surface area (TPSA) is 63.7 Å². The number of ether oxygens (including phenoxy) is 1. The van der Waals surface area contributed by atoms with E-state index in [-0.39, 0.29) is 11.7 Å². The third-order valence-electron chi connectivity index (χ3n) is 6.06. The number of amides is 1. The molecule has 0 saturated carbocycles. The summed E-state index contributed by atoms with van der Waals surface area (Å²) < 4.78 is 5.36. The zero-order chi connectivity index (χ0) is 23.7. The second kappa shape index (κ2) is 9.41. The van der Waals surface area contributed by atoms with E-state index in [1.807, 2.05) is 48.5 Å². The standard InChI is InChI=1S/C27H27NO4S/c1-16(2)25(29)23-24(22-8-6-5-7-19(22)14-32-4)28(27(31)26(23)30)21-11-9-18(10-12-21)20-13-17(3)33-15-20/h5-13,15-16,23-24H,14H2,1-4H3. The van der Waals surface area contributed by atoms with E-state index in [9.17, 15) is 14.4 Å². The van der Waals surface area contributed by atoms with Crippen molar-refractivity contribution < 1.29 is 19.1 Å². The van der Waals surface area contributed by atoms with Gasteiger partial charge in [0, 0.05) is 23.6 Å². The van der Waals surface area contributed by atoms with Gasteiger partial charge in [-0.25, -0.2) is 0 Å². The van der Waals surface area contributed by atoms with Crippen LogP contribution in [-0.2, 0) is 25.7 Å². The lowest BCUT2D eigenvalue weighted by Gasteiger charge is -2.29. The Morgan fingerprint density at radius 1 is 1.06 bits per heavy atom. The third-order valence-corrected chi connectivity index (χ3v) is 6.93. The molecule has 0 radical (unpaired) electrons. The van der Waals surface area contributed by atoms with Gasteiger partial charge in [0.1, 0.15) is 11.7 Å². The first kappa shape index (κ1) is 23.1. The van der Waals surface area contributed by atoms with Crippen molar-refractivity contribution in [2.75, 3.05) is 12.0 Å². The third kappa shape index (κ3) is 4.28. The number of benzene rings is 2. The predicted molar refractivity (Wildman–Crippen MR) is 130 cm³/mol. The normalized spacial score (nSPS) is 18.4. The number of carbonyl (C=O) groups excluding carboxylic acids is 3. The minimum atomic E-state index is -1.05. The molecule has 6 heteroatoms. The van der Waals surface area contributed by atoms with Crippen molar-refractivity contribution in [2.24, 2.45) is 11.8 Å². The number of aryl methyl sites for hydroxylation is 1. The molecule has 2 atom stereocenters. The van der Waals surface area contributed by atoms with Gasteiger partial charge in [0.25, 0.3) is 5.91 Å². The van der Waals surface area contributed by atoms with Crippen LogP contribution in [0.15, 0.2) is 60.0 Å². The van der Waals surface area contributed by atoms with Gasteiger partial charge in [0.05, 0.1) is 12.6 Å². The smallest absolute Gasteiger partial charge is 0.295 e. The molecule has 0 bridgehead atoms. The second-order valence-corrected chi connectivity index (χ2v) is 9.76. The molecule has 0 spiro atoms. The average molecular weight is 462 g/mol. The summed E-state index contributed by atoms with van der Waals surface area (Å²) in [6, 6.07) is 16.5. The Morgan fingerprint density at radius 2 is 1.76 bits per heavy atom. The molecule has 1 fully saturated rings. The maximum Gasteiger partial charge on any atom is 0.295 e. The van der Waals surface area contributed by atoms with Crippen molar-refractivity contribution in [3.8, 4) is 11.1 Å². The van der Waals surface area contributed by atoms with E-state index in [4.69, 9.17) is 4.74 Å². The number of hydrogen-bond donors (Lipinski definition) is 0. The fourth-order valence-electron chi connectivity index (χ4n) is 4.43. The number of Topliss-reactive ketones (excluding diaryl/α,β-unsaturated/α-hetero) is 2. The highest BCUT2D eigenvalue weighted by atomic mass is 32.1. The lowest BCUT2D eigenvalue weighted by atomic mass is 9.83. The Morgan fingerprint density at radius 3 is 2.36 bits per heavy atom. The van der Waals surface area contributed by atoms with E-state index >= 15 is 0 Å². The minimum Gasteiger partial charge on any atom is -0.380 e. The van der Waals surface area contributed by atoms with Crippen LogP contribution in [0.25, 0.3) is 11.1 Å². The van der Waals surface area contributed by atoms with Gasteiger partial charge in [-0.2, -0.15) is 0 Å². The first-order chi connectivity index (χ1) is 15.8. The highest BCUT2D eigenvalue weighted by molar-refractivity contribution is 7.10. The molecule has 2 heterocycles. The summed E-state index contributed by atoms with van der Waals surface area (Å²) >= 11 is 1.68. The first-order valence-electron chi connectivity index (χ1n) is 11.0. The molecule has 5 nitrogen and oxygen atoms in total. The van der Waals surface area contributed by atoms with E-state index in [0.717, 1.165) is 22.3 Å². The second-order valence-electron chi connectivity index (χ2n) is 8.64. The van der Waals surface area contributed by atoms with Crippen LogP contribution in [0.4, 0.5) is 5.69 Å². The molecule has 1 amide bonds. The van der Waals surface area contributed by atoms with Crippen molar-refractivity contribution in [3.05, 3.63) is 76.0 Å². The molecule has 1 aliphatic heterocycles. The van der Waals surface area contributed by atoms with Gasteiger partial charge in [-0.15, -0.1) is 11.3 Å². The fourth-order valence-corrected chi connectivity index (χ4v) is 5.14. The largest absolute Gasteiger partial charge is 0.380 e. The molecule has 2 aromatic carbocycles. The Labute approximate surface area is 198 Å². The summed E-state index contributed by atoms with van der Waals surface area (Å²) in [7, 11) is 1.60. The summed E-state index contributed by atoms with van der Waals surface area (Å²) in [6.07, 6.45) is 0. The number of ketones is 2. The van der Waals surface area contributed by atoms with E-state index in [1.165, 1.54) is 9.78 Å². The molecule has 1 aromatic heterocycles. The van der Waals surface area contributed by atoms with Crippen molar-refractivity contribution in [1.29, 1.82) is 0 Å². The zero-order valence-electron chi connectivity index (χ0n) is 19.2. The molecular weight excluding hydrogens is 434 g/mol. The number of thiophene rings is 1. The summed E-state index contributed by atoms with van der Waals surface area (Å²) in [4.78, 5) is 42.2. The summed E-state index contributed by atoms with van der Waals surface area (Å²) in [5, 5.41) is 2.09. The minimum absolute atomic E-state index is 0.224. The molecule has 0 aliphatic carbocycles. The Hall–Kier alpha value is -3.09. The van der Waals surface area contributed by atoms with Crippen LogP contribution in [0.5, 0.6) is 0 Å². The van der Waals surface area contributed by atoms with Gasteiger partial charge in [-0.05, 0) is 52.8 Å². The lowest BCUT2D eigenvalue weighted by Crippen LogP contribution is -2.32. The van der Waals surface area contributed by atoms with Crippen LogP contribution in [0, 0.1) is 18.8 Å². The molecule has 0 N–H and O–H groups in total. The monoisotopic (exact) mass is 461 g/mol.